The van der Waals surface area contributed by atoms with Crippen molar-refractivity contribution >= 4 is 28.1 Å². The molecule has 0 bridgehead atoms. The van der Waals surface area contributed by atoms with E-state index in [1.165, 1.54) is 11.6 Å². The molecule has 0 aliphatic carbocycles. The number of hydrogen-bond acceptors (Lipinski definition) is 6. The average molecular weight is 454 g/mol. The van der Waals surface area contributed by atoms with Crippen LogP contribution in [-0.4, -0.2) is 32.2 Å². The number of pyridine rings is 1. The SMILES string of the molecule is COc1cccc2cc([C@H](C)NC(=O)c3c(N)nn4cccnc34)n(-c3ccccc3)c(=O)c12. The van der Waals surface area contributed by atoms with E-state index in [1.54, 1.807) is 29.1 Å². The van der Waals surface area contributed by atoms with Crippen LogP contribution in [0.15, 0.2) is 77.9 Å². The second-order valence-electron chi connectivity index (χ2n) is 7.81. The average Bonchev–Trinajstić information content (AvgIpc) is 3.19. The van der Waals surface area contributed by atoms with Crippen LogP contribution in [0.4, 0.5) is 5.82 Å². The maximum Gasteiger partial charge on any atom is 0.267 e. The normalized spacial score (nSPS) is 12.1. The number of carbonyl (C=O) groups excluding carboxylic acids is 1. The van der Waals surface area contributed by atoms with Crippen molar-refractivity contribution in [3.63, 3.8) is 0 Å². The predicted octanol–water partition coefficient (Wildman–Crippen LogP) is 3.12. The van der Waals surface area contributed by atoms with Crippen LogP contribution >= 0.6 is 0 Å². The van der Waals surface area contributed by atoms with Gasteiger partial charge in [0.05, 0.1) is 18.5 Å². The minimum Gasteiger partial charge on any atom is -0.496 e. The van der Waals surface area contributed by atoms with E-state index in [0.29, 0.717) is 33.6 Å². The number of hydrogen-bond donors (Lipinski definition) is 2. The molecule has 0 fully saturated rings. The Morgan fingerprint density at radius 3 is 2.68 bits per heavy atom. The molecular weight excluding hydrogens is 432 g/mol. The van der Waals surface area contributed by atoms with Crippen LogP contribution in [0.3, 0.4) is 0 Å². The zero-order valence-corrected chi connectivity index (χ0v) is 18.6. The lowest BCUT2D eigenvalue weighted by atomic mass is 10.1. The Bertz CT molecular complexity index is 1590. The van der Waals surface area contributed by atoms with Gasteiger partial charge in [-0.15, -0.1) is 5.10 Å². The standard InChI is InChI=1S/C25H22N6O3/c1-15(28-24(32)21-22(26)29-30-13-7-12-27-23(21)30)18-14-16-8-6-11-19(34-2)20(16)25(33)31(18)17-9-4-3-5-10-17/h3-15H,1-2H3,(H2,26,29)(H,28,32)/t15-/m0/s1. The number of anilines is 1. The van der Waals surface area contributed by atoms with Gasteiger partial charge in [-0.3, -0.25) is 14.2 Å². The lowest BCUT2D eigenvalue weighted by molar-refractivity contribution is 0.0941. The van der Waals surface area contributed by atoms with E-state index in [-0.39, 0.29) is 16.9 Å². The summed E-state index contributed by atoms with van der Waals surface area (Å²) in [5.74, 6) is 0.129. The summed E-state index contributed by atoms with van der Waals surface area (Å²) in [4.78, 5) is 31.2. The summed E-state index contributed by atoms with van der Waals surface area (Å²) in [5, 5.41) is 8.29. The molecule has 1 amide bonds. The fraction of sp³-hybridized carbons (Fsp3) is 0.120. The van der Waals surface area contributed by atoms with Gasteiger partial charge in [-0.1, -0.05) is 30.3 Å². The minimum absolute atomic E-state index is 0.0760. The highest BCUT2D eigenvalue weighted by molar-refractivity contribution is 6.04. The highest BCUT2D eigenvalue weighted by atomic mass is 16.5. The number of ether oxygens (including phenoxy) is 1. The summed E-state index contributed by atoms with van der Waals surface area (Å²) in [6, 6.07) is 17.7. The van der Waals surface area contributed by atoms with Crippen molar-refractivity contribution < 1.29 is 9.53 Å². The van der Waals surface area contributed by atoms with Gasteiger partial charge in [0.2, 0.25) is 0 Å². The fourth-order valence-electron chi connectivity index (χ4n) is 4.15. The number of amides is 1. The molecule has 0 saturated heterocycles. The van der Waals surface area contributed by atoms with Crippen LogP contribution in [0, 0.1) is 0 Å². The Labute approximate surface area is 194 Å². The summed E-state index contributed by atoms with van der Waals surface area (Å²) in [6.45, 7) is 1.81. The van der Waals surface area contributed by atoms with E-state index < -0.39 is 11.9 Å². The number of nitrogens with one attached hydrogen (secondary N) is 1. The van der Waals surface area contributed by atoms with Crippen LogP contribution < -0.4 is 21.3 Å². The number of benzene rings is 2. The monoisotopic (exact) mass is 454 g/mol. The summed E-state index contributed by atoms with van der Waals surface area (Å²) >= 11 is 0. The van der Waals surface area contributed by atoms with Gasteiger partial charge in [0.15, 0.2) is 11.5 Å². The van der Waals surface area contributed by atoms with E-state index in [2.05, 4.69) is 15.4 Å². The van der Waals surface area contributed by atoms with Gasteiger partial charge in [0.25, 0.3) is 11.5 Å². The highest BCUT2D eigenvalue weighted by Crippen LogP contribution is 2.27. The first kappa shape index (κ1) is 21.2. The Hall–Kier alpha value is -4.66. The molecule has 3 N–H and O–H groups in total. The first-order chi connectivity index (χ1) is 16.5. The molecule has 5 aromatic rings. The van der Waals surface area contributed by atoms with Crippen molar-refractivity contribution in [2.24, 2.45) is 0 Å². The first-order valence-electron chi connectivity index (χ1n) is 10.7. The van der Waals surface area contributed by atoms with Crippen LogP contribution in [0.5, 0.6) is 5.75 Å². The van der Waals surface area contributed by atoms with Gasteiger partial charge in [-0.05, 0) is 42.6 Å². The molecule has 0 saturated carbocycles. The number of methoxy groups -OCH3 is 1. The lowest BCUT2D eigenvalue weighted by Gasteiger charge is -2.21. The van der Waals surface area contributed by atoms with Gasteiger partial charge in [-0.25, -0.2) is 9.50 Å². The Balaban J connectivity index is 1.64. The molecule has 1 atom stereocenters. The number of carbonyl (C=O) groups is 1. The van der Waals surface area contributed by atoms with Crippen molar-refractivity contribution in [1.29, 1.82) is 0 Å². The van der Waals surface area contributed by atoms with Gasteiger partial charge in [0.1, 0.15) is 11.3 Å². The maximum absolute atomic E-state index is 13.7. The van der Waals surface area contributed by atoms with Gasteiger partial charge >= 0.3 is 0 Å². The molecular formula is C25H22N6O3. The van der Waals surface area contributed by atoms with E-state index >= 15 is 0 Å². The quantitative estimate of drug-likeness (QED) is 0.422. The number of nitrogen functional groups attached to an aromatic ring is 1. The molecule has 0 radical (unpaired) electrons. The molecule has 3 heterocycles. The summed E-state index contributed by atoms with van der Waals surface area (Å²) < 4.78 is 8.50. The van der Waals surface area contributed by atoms with Crippen molar-refractivity contribution in [3.8, 4) is 11.4 Å². The number of fused-ring (bicyclic) bond motifs is 2. The zero-order chi connectivity index (χ0) is 23.8. The third-order valence-corrected chi connectivity index (χ3v) is 5.71. The molecule has 170 valence electrons. The number of aromatic nitrogens is 4. The number of nitrogens with zero attached hydrogens (tertiary/aromatic N) is 4. The third-order valence-electron chi connectivity index (χ3n) is 5.71. The number of nitrogens with two attached hydrogens (primary N) is 1. The van der Waals surface area contributed by atoms with Crippen LogP contribution in [-0.2, 0) is 0 Å². The van der Waals surface area contributed by atoms with E-state index in [0.717, 1.165) is 0 Å². The zero-order valence-electron chi connectivity index (χ0n) is 18.6. The summed E-state index contributed by atoms with van der Waals surface area (Å²) in [6.07, 6.45) is 3.24. The van der Waals surface area contributed by atoms with Crippen LogP contribution in [0.25, 0.3) is 22.1 Å². The number of para-hydroxylation sites is 1. The number of rotatable bonds is 5. The predicted molar refractivity (Wildman–Crippen MR) is 129 cm³/mol. The molecule has 9 nitrogen and oxygen atoms in total. The van der Waals surface area contributed by atoms with Crippen molar-refractivity contribution in [1.82, 2.24) is 24.5 Å². The third kappa shape index (κ3) is 3.43. The summed E-state index contributed by atoms with van der Waals surface area (Å²) in [5.41, 5.74) is 7.60. The lowest BCUT2D eigenvalue weighted by Crippen LogP contribution is -2.32. The molecule has 0 aliphatic heterocycles. The molecule has 0 spiro atoms. The van der Waals surface area contributed by atoms with Crippen molar-refractivity contribution in [2.75, 3.05) is 12.8 Å². The van der Waals surface area contributed by atoms with Crippen LogP contribution in [0.1, 0.15) is 29.0 Å². The van der Waals surface area contributed by atoms with E-state index in [9.17, 15) is 9.59 Å². The Morgan fingerprint density at radius 1 is 1.12 bits per heavy atom. The molecule has 0 unspecified atom stereocenters. The van der Waals surface area contributed by atoms with Crippen molar-refractivity contribution in [3.05, 3.63) is 94.7 Å². The molecule has 34 heavy (non-hydrogen) atoms. The second kappa shape index (κ2) is 8.36. The van der Waals surface area contributed by atoms with E-state index in [1.807, 2.05) is 55.5 Å². The Kier molecular flexibility index (Phi) is 5.21. The van der Waals surface area contributed by atoms with Crippen molar-refractivity contribution in [2.45, 2.75) is 13.0 Å². The molecule has 0 aliphatic rings. The largest absolute Gasteiger partial charge is 0.496 e. The highest BCUT2D eigenvalue weighted by Gasteiger charge is 2.24. The fourth-order valence-corrected chi connectivity index (χ4v) is 4.15. The molecule has 9 heteroatoms. The minimum atomic E-state index is -0.547. The van der Waals surface area contributed by atoms with E-state index in [4.69, 9.17) is 10.5 Å². The summed E-state index contributed by atoms with van der Waals surface area (Å²) in [7, 11) is 1.53. The van der Waals surface area contributed by atoms with Crippen LogP contribution in [0.2, 0.25) is 0 Å². The second-order valence-corrected chi connectivity index (χ2v) is 7.81. The van der Waals surface area contributed by atoms with Gasteiger partial charge < -0.3 is 15.8 Å². The van der Waals surface area contributed by atoms with Gasteiger partial charge in [0, 0.05) is 23.8 Å². The maximum atomic E-state index is 13.7. The first-order valence-corrected chi connectivity index (χ1v) is 10.7. The molecule has 5 rings (SSSR count). The molecule has 2 aromatic carbocycles. The molecule has 3 aromatic heterocycles. The Morgan fingerprint density at radius 2 is 1.91 bits per heavy atom. The topological polar surface area (TPSA) is 117 Å². The van der Waals surface area contributed by atoms with Gasteiger partial charge in [-0.2, -0.15) is 0 Å². The smallest absolute Gasteiger partial charge is 0.267 e.